The Hall–Kier alpha value is -2.08. The van der Waals surface area contributed by atoms with Crippen molar-refractivity contribution in [2.45, 2.75) is 12.8 Å². The zero-order valence-corrected chi connectivity index (χ0v) is 13.1. The Morgan fingerprint density at radius 3 is 2.22 bits per heavy atom. The lowest BCUT2D eigenvalue weighted by atomic mass is 9.98. The van der Waals surface area contributed by atoms with Crippen LogP contribution in [0.2, 0.25) is 0 Å². The van der Waals surface area contributed by atoms with Crippen LogP contribution in [0.15, 0.2) is 30.3 Å². The molecule has 2 saturated heterocycles. The van der Waals surface area contributed by atoms with Crippen LogP contribution >= 0.6 is 0 Å². The molecule has 6 nitrogen and oxygen atoms in total. The van der Waals surface area contributed by atoms with E-state index >= 15 is 0 Å². The Morgan fingerprint density at radius 2 is 1.57 bits per heavy atom. The SMILES string of the molecule is O=C(Oc1ccccc1)N1CCN(C(=O)C2CCOCC2)CC1. The number of nitrogens with zero attached hydrogens (tertiary/aromatic N) is 2. The van der Waals surface area contributed by atoms with E-state index in [4.69, 9.17) is 9.47 Å². The van der Waals surface area contributed by atoms with Crippen molar-refractivity contribution in [1.82, 2.24) is 9.80 Å². The van der Waals surface area contributed by atoms with E-state index in [1.165, 1.54) is 0 Å². The predicted molar refractivity (Wildman–Crippen MR) is 84.2 cm³/mol. The zero-order chi connectivity index (χ0) is 16.1. The highest BCUT2D eigenvalue weighted by Crippen LogP contribution is 2.19. The molecule has 0 saturated carbocycles. The summed E-state index contributed by atoms with van der Waals surface area (Å²) >= 11 is 0. The first-order valence-corrected chi connectivity index (χ1v) is 8.12. The van der Waals surface area contributed by atoms with Crippen molar-refractivity contribution in [3.8, 4) is 5.75 Å². The van der Waals surface area contributed by atoms with Gasteiger partial charge in [0.05, 0.1) is 0 Å². The van der Waals surface area contributed by atoms with Gasteiger partial charge in [0.15, 0.2) is 0 Å². The topological polar surface area (TPSA) is 59.1 Å². The summed E-state index contributed by atoms with van der Waals surface area (Å²) in [6, 6.07) is 9.03. The summed E-state index contributed by atoms with van der Waals surface area (Å²) in [5.74, 6) is 0.814. The van der Waals surface area contributed by atoms with Gasteiger partial charge in [0.1, 0.15) is 5.75 Å². The number of piperazine rings is 1. The predicted octanol–water partition coefficient (Wildman–Crippen LogP) is 1.76. The summed E-state index contributed by atoms with van der Waals surface area (Å²) in [5, 5.41) is 0. The summed E-state index contributed by atoms with van der Waals surface area (Å²) < 4.78 is 10.6. The Kier molecular flexibility index (Phi) is 5.12. The molecule has 2 aliphatic rings. The lowest BCUT2D eigenvalue weighted by Gasteiger charge is -2.36. The lowest BCUT2D eigenvalue weighted by Crippen LogP contribution is -2.53. The quantitative estimate of drug-likeness (QED) is 0.834. The third kappa shape index (κ3) is 4.01. The van der Waals surface area contributed by atoms with Crippen molar-refractivity contribution in [3.05, 3.63) is 30.3 Å². The molecule has 0 aromatic heterocycles. The largest absolute Gasteiger partial charge is 0.415 e. The number of hydrogen-bond acceptors (Lipinski definition) is 4. The number of ether oxygens (including phenoxy) is 2. The normalized spacial score (nSPS) is 19.5. The highest BCUT2D eigenvalue weighted by atomic mass is 16.6. The van der Waals surface area contributed by atoms with Crippen molar-refractivity contribution >= 4 is 12.0 Å². The molecule has 0 radical (unpaired) electrons. The van der Waals surface area contributed by atoms with Gasteiger partial charge in [0, 0.05) is 45.3 Å². The van der Waals surface area contributed by atoms with Gasteiger partial charge in [-0.1, -0.05) is 18.2 Å². The number of amides is 2. The minimum Gasteiger partial charge on any atom is -0.410 e. The van der Waals surface area contributed by atoms with Crippen molar-refractivity contribution in [3.63, 3.8) is 0 Å². The van der Waals surface area contributed by atoms with E-state index in [2.05, 4.69) is 0 Å². The smallest absolute Gasteiger partial charge is 0.410 e. The summed E-state index contributed by atoms with van der Waals surface area (Å²) in [7, 11) is 0. The molecule has 2 fully saturated rings. The summed E-state index contributed by atoms with van der Waals surface area (Å²) in [5.41, 5.74) is 0. The van der Waals surface area contributed by atoms with Gasteiger partial charge in [0.2, 0.25) is 5.91 Å². The van der Waals surface area contributed by atoms with E-state index in [0.717, 1.165) is 12.8 Å². The van der Waals surface area contributed by atoms with E-state index in [0.29, 0.717) is 45.1 Å². The molecule has 0 unspecified atom stereocenters. The molecular weight excluding hydrogens is 296 g/mol. The molecule has 1 aromatic rings. The Balaban J connectivity index is 1.48. The number of para-hydroxylation sites is 1. The number of carbonyl (C=O) groups excluding carboxylic acids is 2. The van der Waals surface area contributed by atoms with Crippen LogP contribution in [-0.2, 0) is 9.53 Å². The second-order valence-electron chi connectivity index (χ2n) is 5.88. The van der Waals surface area contributed by atoms with Crippen LogP contribution in [0, 0.1) is 5.92 Å². The van der Waals surface area contributed by atoms with Crippen LogP contribution in [0.4, 0.5) is 4.79 Å². The molecular formula is C17H22N2O4. The standard InChI is InChI=1S/C17H22N2O4/c20-16(14-6-12-22-13-7-14)18-8-10-19(11-9-18)17(21)23-15-4-2-1-3-5-15/h1-5,14H,6-13H2. The van der Waals surface area contributed by atoms with Crippen LogP contribution < -0.4 is 4.74 Å². The van der Waals surface area contributed by atoms with Crippen LogP contribution in [0.5, 0.6) is 5.75 Å². The number of benzene rings is 1. The Bertz CT molecular complexity index is 535. The van der Waals surface area contributed by atoms with Crippen molar-refractivity contribution in [2.24, 2.45) is 5.92 Å². The minimum atomic E-state index is -0.352. The van der Waals surface area contributed by atoms with Crippen LogP contribution in [0.3, 0.4) is 0 Å². The van der Waals surface area contributed by atoms with Gasteiger partial charge in [-0.25, -0.2) is 4.79 Å². The molecule has 0 aliphatic carbocycles. The average molecular weight is 318 g/mol. The molecule has 2 heterocycles. The Morgan fingerprint density at radius 1 is 0.957 bits per heavy atom. The molecule has 23 heavy (non-hydrogen) atoms. The molecule has 0 atom stereocenters. The molecule has 0 bridgehead atoms. The molecule has 0 N–H and O–H groups in total. The minimum absolute atomic E-state index is 0.0755. The molecule has 3 rings (SSSR count). The first-order chi connectivity index (χ1) is 11.2. The number of hydrogen-bond donors (Lipinski definition) is 0. The van der Waals surface area contributed by atoms with Gasteiger partial charge >= 0.3 is 6.09 Å². The molecule has 2 aliphatic heterocycles. The molecule has 2 amide bonds. The first kappa shape index (κ1) is 15.8. The molecule has 124 valence electrons. The van der Waals surface area contributed by atoms with E-state index < -0.39 is 0 Å². The van der Waals surface area contributed by atoms with Gasteiger partial charge in [-0.2, -0.15) is 0 Å². The van der Waals surface area contributed by atoms with Crippen molar-refractivity contribution in [2.75, 3.05) is 39.4 Å². The number of carbonyl (C=O) groups is 2. The number of rotatable bonds is 2. The maximum Gasteiger partial charge on any atom is 0.415 e. The summed E-state index contributed by atoms with van der Waals surface area (Å²) in [6.07, 6.45) is 1.25. The second-order valence-corrected chi connectivity index (χ2v) is 5.88. The van der Waals surface area contributed by atoms with Crippen molar-refractivity contribution < 1.29 is 19.1 Å². The first-order valence-electron chi connectivity index (χ1n) is 8.12. The fourth-order valence-electron chi connectivity index (χ4n) is 2.97. The maximum absolute atomic E-state index is 12.5. The molecule has 0 spiro atoms. The second kappa shape index (κ2) is 7.46. The van der Waals surface area contributed by atoms with Gasteiger partial charge in [-0.15, -0.1) is 0 Å². The summed E-state index contributed by atoms with van der Waals surface area (Å²) in [4.78, 5) is 28.1. The van der Waals surface area contributed by atoms with Crippen LogP contribution in [0.25, 0.3) is 0 Å². The van der Waals surface area contributed by atoms with E-state index in [9.17, 15) is 9.59 Å². The fourth-order valence-corrected chi connectivity index (χ4v) is 2.97. The highest BCUT2D eigenvalue weighted by Gasteiger charge is 2.30. The van der Waals surface area contributed by atoms with Crippen LogP contribution in [0.1, 0.15) is 12.8 Å². The third-order valence-electron chi connectivity index (χ3n) is 4.37. The summed E-state index contributed by atoms with van der Waals surface area (Å²) in [6.45, 7) is 3.50. The van der Waals surface area contributed by atoms with Gasteiger partial charge in [0.25, 0.3) is 0 Å². The lowest BCUT2D eigenvalue weighted by molar-refractivity contribution is -0.140. The maximum atomic E-state index is 12.5. The van der Waals surface area contributed by atoms with Crippen molar-refractivity contribution in [1.29, 1.82) is 0 Å². The van der Waals surface area contributed by atoms with E-state index in [-0.39, 0.29) is 17.9 Å². The molecule has 6 heteroatoms. The van der Waals surface area contributed by atoms with Gasteiger partial charge in [-0.05, 0) is 25.0 Å². The third-order valence-corrected chi connectivity index (χ3v) is 4.37. The monoisotopic (exact) mass is 318 g/mol. The molecule has 1 aromatic carbocycles. The Labute approximate surface area is 136 Å². The van der Waals surface area contributed by atoms with E-state index in [1.54, 1.807) is 17.0 Å². The van der Waals surface area contributed by atoms with Gasteiger partial charge < -0.3 is 19.3 Å². The van der Waals surface area contributed by atoms with E-state index in [1.807, 2.05) is 23.1 Å². The van der Waals surface area contributed by atoms with Gasteiger partial charge in [-0.3, -0.25) is 4.79 Å². The average Bonchev–Trinajstić information content (AvgIpc) is 2.63. The zero-order valence-electron chi connectivity index (χ0n) is 13.1. The fraction of sp³-hybridized carbons (Fsp3) is 0.529. The van der Waals surface area contributed by atoms with Crippen LogP contribution in [-0.4, -0.2) is 61.2 Å². The highest BCUT2D eigenvalue weighted by molar-refractivity contribution is 5.79.